The van der Waals surface area contributed by atoms with Crippen LogP contribution in [0.15, 0.2) is 36.9 Å². The molecule has 0 amide bonds. The molecule has 0 fully saturated rings. The van der Waals surface area contributed by atoms with Crippen LogP contribution in [0, 0.1) is 0 Å². The van der Waals surface area contributed by atoms with Gasteiger partial charge >= 0.3 is 0 Å². The molecule has 2 aromatic heterocycles. The summed E-state index contributed by atoms with van der Waals surface area (Å²) in [5.41, 5.74) is 0.923. The zero-order valence-corrected chi connectivity index (χ0v) is 13.9. The number of rotatable bonds is 5. The first-order chi connectivity index (χ1) is 8.93. The second-order valence-corrected chi connectivity index (χ2v) is 8.41. The summed E-state index contributed by atoms with van der Waals surface area (Å²) in [6.07, 6.45) is 0. The van der Waals surface area contributed by atoms with Gasteiger partial charge in [0, 0.05) is 13.6 Å². The third-order valence-corrected chi connectivity index (χ3v) is 5.95. The lowest BCUT2D eigenvalue weighted by atomic mass is 10.3. The Morgan fingerprint density at radius 3 is 2.74 bits per heavy atom. The Bertz CT molecular complexity index is 665. The molecule has 8 heteroatoms. The Hall–Kier alpha value is -0.340. The molecule has 19 heavy (non-hydrogen) atoms. The number of alkyl halides is 1. The maximum absolute atomic E-state index is 12.3. The van der Waals surface area contributed by atoms with Gasteiger partial charge in [0.2, 0.25) is 5.09 Å². The molecular weight excluding hydrogens is 374 g/mol. The van der Waals surface area contributed by atoms with E-state index in [0.29, 0.717) is 12.3 Å². The standard InChI is InChI=1S/C11H11BrClNO3S2/c1-14(6-8-4-10(12)18-7-8)19(15,16)11-3-2-9(5-13)17-11/h2-4,7H,5-6H2,1H3. The fraction of sp³-hybridized carbons (Fsp3) is 0.273. The first kappa shape index (κ1) is 15.1. The molecule has 0 bridgehead atoms. The molecule has 2 heterocycles. The molecule has 104 valence electrons. The fourth-order valence-electron chi connectivity index (χ4n) is 1.49. The lowest BCUT2D eigenvalue weighted by Crippen LogP contribution is -2.25. The van der Waals surface area contributed by atoms with E-state index in [1.54, 1.807) is 6.07 Å². The maximum atomic E-state index is 12.3. The van der Waals surface area contributed by atoms with Crippen LogP contribution in [0.1, 0.15) is 11.3 Å². The van der Waals surface area contributed by atoms with Crippen molar-refractivity contribution < 1.29 is 12.8 Å². The maximum Gasteiger partial charge on any atom is 0.276 e. The highest BCUT2D eigenvalue weighted by molar-refractivity contribution is 9.11. The van der Waals surface area contributed by atoms with Crippen LogP contribution in [0.5, 0.6) is 0 Å². The monoisotopic (exact) mass is 383 g/mol. The van der Waals surface area contributed by atoms with Crippen LogP contribution in [-0.2, 0) is 22.4 Å². The highest BCUT2D eigenvalue weighted by Gasteiger charge is 2.24. The van der Waals surface area contributed by atoms with Crippen molar-refractivity contribution in [3.05, 3.63) is 38.7 Å². The van der Waals surface area contributed by atoms with E-state index in [9.17, 15) is 8.42 Å². The second-order valence-electron chi connectivity index (χ2n) is 3.87. The third-order valence-electron chi connectivity index (χ3n) is 2.46. The van der Waals surface area contributed by atoms with Gasteiger partial charge in [-0.2, -0.15) is 4.31 Å². The SMILES string of the molecule is CN(Cc1csc(Br)c1)S(=O)(=O)c1ccc(CCl)o1. The highest BCUT2D eigenvalue weighted by atomic mass is 79.9. The summed E-state index contributed by atoms with van der Waals surface area (Å²) in [6.45, 7) is 0.293. The Morgan fingerprint density at radius 2 is 2.21 bits per heavy atom. The molecule has 0 N–H and O–H groups in total. The van der Waals surface area contributed by atoms with E-state index < -0.39 is 10.0 Å². The fourth-order valence-corrected chi connectivity index (χ4v) is 3.92. The van der Waals surface area contributed by atoms with Gasteiger partial charge in [-0.15, -0.1) is 22.9 Å². The van der Waals surface area contributed by atoms with E-state index in [2.05, 4.69) is 15.9 Å². The van der Waals surface area contributed by atoms with E-state index in [0.717, 1.165) is 9.35 Å². The highest BCUT2D eigenvalue weighted by Crippen LogP contribution is 2.24. The summed E-state index contributed by atoms with van der Waals surface area (Å²) in [5, 5.41) is 1.82. The molecule has 0 atom stereocenters. The largest absolute Gasteiger partial charge is 0.447 e. The van der Waals surface area contributed by atoms with Gasteiger partial charge in [-0.25, -0.2) is 8.42 Å². The van der Waals surface area contributed by atoms with Crippen molar-refractivity contribution in [2.45, 2.75) is 17.5 Å². The average molecular weight is 385 g/mol. The molecule has 0 aliphatic carbocycles. The summed E-state index contributed by atoms with van der Waals surface area (Å²) < 4.78 is 31.9. The summed E-state index contributed by atoms with van der Waals surface area (Å²) in [4.78, 5) is 0. The van der Waals surface area contributed by atoms with Crippen molar-refractivity contribution in [2.24, 2.45) is 0 Å². The number of sulfonamides is 1. The summed E-state index contributed by atoms with van der Waals surface area (Å²) >= 11 is 10.5. The predicted molar refractivity (Wildman–Crippen MR) is 78.9 cm³/mol. The van der Waals surface area contributed by atoms with Gasteiger partial charge in [-0.05, 0) is 45.1 Å². The zero-order valence-electron chi connectivity index (χ0n) is 9.97. The summed E-state index contributed by atoms with van der Waals surface area (Å²) in [7, 11) is -2.10. The van der Waals surface area contributed by atoms with Crippen LogP contribution in [0.25, 0.3) is 0 Å². The molecule has 0 aliphatic rings. The number of hydrogen-bond acceptors (Lipinski definition) is 4. The van der Waals surface area contributed by atoms with E-state index in [1.807, 2.05) is 11.4 Å². The van der Waals surface area contributed by atoms with Crippen LogP contribution < -0.4 is 0 Å². The molecule has 2 rings (SSSR count). The lowest BCUT2D eigenvalue weighted by molar-refractivity contribution is 0.393. The predicted octanol–water partition coefficient (Wildman–Crippen LogP) is 3.66. The summed E-state index contributed by atoms with van der Waals surface area (Å²) in [5.74, 6) is 0.586. The molecule has 4 nitrogen and oxygen atoms in total. The van der Waals surface area contributed by atoms with Gasteiger partial charge < -0.3 is 4.42 Å². The molecule has 0 saturated carbocycles. The molecular formula is C11H11BrClNO3S2. The molecule has 0 saturated heterocycles. The number of nitrogens with zero attached hydrogens (tertiary/aromatic N) is 1. The minimum Gasteiger partial charge on any atom is -0.447 e. The van der Waals surface area contributed by atoms with E-state index in [-0.39, 0.29) is 11.0 Å². The van der Waals surface area contributed by atoms with Gasteiger partial charge in [0.1, 0.15) is 5.76 Å². The number of furan rings is 1. The van der Waals surface area contributed by atoms with Crippen molar-refractivity contribution in [3.8, 4) is 0 Å². The van der Waals surface area contributed by atoms with E-state index >= 15 is 0 Å². The first-order valence-electron chi connectivity index (χ1n) is 5.27. The molecule has 0 aromatic carbocycles. The van der Waals surface area contributed by atoms with Crippen LogP contribution in [0.4, 0.5) is 0 Å². The van der Waals surface area contributed by atoms with Gasteiger partial charge in [-0.3, -0.25) is 0 Å². The summed E-state index contributed by atoms with van der Waals surface area (Å²) in [6, 6.07) is 4.88. The van der Waals surface area contributed by atoms with Crippen molar-refractivity contribution in [1.29, 1.82) is 0 Å². The van der Waals surface area contributed by atoms with Crippen LogP contribution in [-0.4, -0.2) is 19.8 Å². The number of hydrogen-bond donors (Lipinski definition) is 0. The molecule has 0 aliphatic heterocycles. The smallest absolute Gasteiger partial charge is 0.276 e. The number of thiophene rings is 1. The minimum atomic E-state index is -3.62. The second kappa shape index (κ2) is 5.97. The topological polar surface area (TPSA) is 50.5 Å². The Morgan fingerprint density at radius 1 is 1.47 bits per heavy atom. The average Bonchev–Trinajstić information content (AvgIpc) is 2.98. The van der Waals surface area contributed by atoms with E-state index in [1.165, 1.54) is 28.8 Å². The lowest BCUT2D eigenvalue weighted by Gasteiger charge is -2.14. The molecule has 0 radical (unpaired) electrons. The first-order valence-corrected chi connectivity index (χ1v) is 8.92. The van der Waals surface area contributed by atoms with Crippen LogP contribution in [0.2, 0.25) is 0 Å². The van der Waals surface area contributed by atoms with Crippen molar-refractivity contribution >= 4 is 48.9 Å². The Labute approximate surface area is 129 Å². The third kappa shape index (κ3) is 3.41. The van der Waals surface area contributed by atoms with Crippen molar-refractivity contribution in [1.82, 2.24) is 4.31 Å². The van der Waals surface area contributed by atoms with Gasteiger partial charge in [0.05, 0.1) is 9.67 Å². The van der Waals surface area contributed by atoms with Gasteiger partial charge in [0.25, 0.3) is 10.0 Å². The number of halogens is 2. The van der Waals surface area contributed by atoms with Crippen molar-refractivity contribution in [2.75, 3.05) is 7.05 Å². The van der Waals surface area contributed by atoms with Crippen LogP contribution >= 0.6 is 38.9 Å². The zero-order chi connectivity index (χ0) is 14.0. The molecule has 0 unspecified atom stereocenters. The van der Waals surface area contributed by atoms with Gasteiger partial charge in [-0.1, -0.05) is 0 Å². The molecule has 0 spiro atoms. The quantitative estimate of drug-likeness (QED) is 0.739. The van der Waals surface area contributed by atoms with Crippen LogP contribution in [0.3, 0.4) is 0 Å². The Balaban J connectivity index is 2.19. The molecule has 2 aromatic rings. The minimum absolute atomic E-state index is 0.0834. The van der Waals surface area contributed by atoms with Gasteiger partial charge in [0.15, 0.2) is 0 Å². The van der Waals surface area contributed by atoms with Crippen molar-refractivity contribution in [3.63, 3.8) is 0 Å². The Kier molecular flexibility index (Phi) is 4.73. The normalized spacial score (nSPS) is 12.2. The van der Waals surface area contributed by atoms with E-state index in [4.69, 9.17) is 16.0 Å².